The maximum Gasteiger partial charge on any atom is 0.0505 e. The summed E-state index contributed by atoms with van der Waals surface area (Å²) < 4.78 is 1.20. The second kappa shape index (κ2) is 2.31. The molecule has 2 N–H and O–H groups in total. The quantitative estimate of drug-likeness (QED) is 0.791. The zero-order chi connectivity index (χ0) is 8.06. The molecule has 1 saturated carbocycles. The summed E-state index contributed by atoms with van der Waals surface area (Å²) in [5.74, 6) is 0. The van der Waals surface area contributed by atoms with Gasteiger partial charge >= 0.3 is 0 Å². The lowest BCUT2D eigenvalue weighted by molar-refractivity contribution is 0.758. The predicted octanol–water partition coefficient (Wildman–Crippen LogP) is 2.77. The molecule has 0 atom stereocenters. The molecule has 0 amide bonds. The van der Waals surface area contributed by atoms with Gasteiger partial charge in [0.2, 0.25) is 0 Å². The number of aryl methyl sites for hydroxylation is 1. The van der Waals surface area contributed by atoms with Crippen LogP contribution < -0.4 is 5.73 Å². The summed E-state index contributed by atoms with van der Waals surface area (Å²) >= 11 is 5.30. The van der Waals surface area contributed by atoms with Crippen molar-refractivity contribution in [3.63, 3.8) is 0 Å². The average Bonchev–Trinajstić information content (AvgIpc) is 2.59. The molecule has 1 fully saturated rings. The topological polar surface area (TPSA) is 26.0 Å². The zero-order valence-electron chi connectivity index (χ0n) is 6.36. The maximum absolute atomic E-state index is 6.04. The van der Waals surface area contributed by atoms with E-state index in [9.17, 15) is 0 Å². The predicted molar refractivity (Wildman–Crippen MR) is 51.9 cm³/mol. The van der Waals surface area contributed by atoms with Gasteiger partial charge in [-0.25, -0.2) is 0 Å². The van der Waals surface area contributed by atoms with Crippen molar-refractivity contribution < 1.29 is 0 Å². The highest BCUT2D eigenvalue weighted by atomic mass is 79.9. The van der Waals surface area contributed by atoms with Crippen LogP contribution >= 0.6 is 27.3 Å². The third-order valence-electron chi connectivity index (χ3n) is 2.14. The smallest absolute Gasteiger partial charge is 0.0505 e. The van der Waals surface area contributed by atoms with Crippen LogP contribution in [0.3, 0.4) is 0 Å². The SMILES string of the molecule is Cc1sc(C2(N)CC2)cc1Br. The molecule has 1 aromatic rings. The third kappa shape index (κ3) is 1.25. The molecule has 0 aromatic carbocycles. The number of thiophene rings is 1. The fourth-order valence-electron chi connectivity index (χ4n) is 1.09. The highest BCUT2D eigenvalue weighted by molar-refractivity contribution is 9.10. The Bertz CT molecular complexity index is 269. The van der Waals surface area contributed by atoms with E-state index in [-0.39, 0.29) is 5.54 Å². The van der Waals surface area contributed by atoms with E-state index >= 15 is 0 Å². The summed E-state index contributed by atoms with van der Waals surface area (Å²) in [5, 5.41) is 0. The molecule has 0 unspecified atom stereocenters. The molecular formula is C8H10BrNS. The van der Waals surface area contributed by atoms with Crippen LogP contribution in [0, 0.1) is 6.92 Å². The maximum atomic E-state index is 6.04. The van der Waals surface area contributed by atoms with E-state index in [1.165, 1.54) is 14.2 Å². The Balaban J connectivity index is 2.39. The average molecular weight is 232 g/mol. The standard InChI is InChI=1S/C8H10BrNS/c1-5-6(9)4-7(11-5)8(10)2-3-8/h4H,2-3,10H2,1H3. The molecule has 0 radical (unpaired) electrons. The van der Waals surface area contributed by atoms with Crippen LogP contribution in [-0.4, -0.2) is 0 Å². The number of hydrogen-bond acceptors (Lipinski definition) is 2. The van der Waals surface area contributed by atoms with Crippen LogP contribution in [0.5, 0.6) is 0 Å². The normalized spacial score (nSPS) is 20.3. The second-order valence-electron chi connectivity index (χ2n) is 3.17. The van der Waals surface area contributed by atoms with Gasteiger partial charge in [-0.1, -0.05) is 0 Å². The largest absolute Gasteiger partial charge is 0.321 e. The summed E-state index contributed by atoms with van der Waals surface area (Å²) in [4.78, 5) is 2.67. The molecule has 0 spiro atoms. The second-order valence-corrected chi connectivity index (χ2v) is 5.28. The van der Waals surface area contributed by atoms with Crippen LogP contribution in [0.15, 0.2) is 10.5 Å². The summed E-state index contributed by atoms with van der Waals surface area (Å²) in [6.45, 7) is 2.12. The first-order valence-corrected chi connectivity index (χ1v) is 5.28. The molecule has 0 bridgehead atoms. The van der Waals surface area contributed by atoms with E-state index in [0.29, 0.717) is 0 Å². The first-order chi connectivity index (χ1) is 5.12. The molecule has 1 aliphatic carbocycles. The molecular weight excluding hydrogens is 222 g/mol. The number of halogens is 1. The van der Waals surface area contributed by atoms with Crippen molar-refractivity contribution >= 4 is 27.3 Å². The lowest BCUT2D eigenvalue weighted by Crippen LogP contribution is -2.16. The van der Waals surface area contributed by atoms with Crippen molar-refractivity contribution in [2.75, 3.05) is 0 Å². The Labute approximate surface area is 78.7 Å². The Morgan fingerprint density at radius 1 is 1.64 bits per heavy atom. The molecule has 11 heavy (non-hydrogen) atoms. The molecule has 3 heteroatoms. The first kappa shape index (κ1) is 7.77. The molecule has 1 heterocycles. The van der Waals surface area contributed by atoms with E-state index in [2.05, 4.69) is 28.9 Å². The lowest BCUT2D eigenvalue weighted by Gasteiger charge is -2.02. The van der Waals surface area contributed by atoms with Gasteiger partial charge in [0.25, 0.3) is 0 Å². The summed E-state index contributed by atoms with van der Waals surface area (Å²) in [5.41, 5.74) is 6.08. The number of hydrogen-bond donors (Lipinski definition) is 1. The molecule has 2 rings (SSSR count). The van der Waals surface area contributed by atoms with Crippen molar-refractivity contribution in [3.05, 3.63) is 20.3 Å². The third-order valence-corrected chi connectivity index (χ3v) is 4.49. The van der Waals surface area contributed by atoms with Gasteiger partial charge in [0, 0.05) is 14.2 Å². The Kier molecular flexibility index (Phi) is 1.63. The van der Waals surface area contributed by atoms with Gasteiger partial charge in [-0.3, -0.25) is 0 Å². The molecule has 0 aliphatic heterocycles. The van der Waals surface area contributed by atoms with E-state index in [1.54, 1.807) is 0 Å². The van der Waals surface area contributed by atoms with E-state index in [4.69, 9.17) is 5.73 Å². The minimum absolute atomic E-state index is 0.0431. The van der Waals surface area contributed by atoms with E-state index < -0.39 is 0 Å². The van der Waals surface area contributed by atoms with Crippen LogP contribution in [0.2, 0.25) is 0 Å². The molecule has 1 aromatic heterocycles. The van der Waals surface area contributed by atoms with Crippen LogP contribution in [0.25, 0.3) is 0 Å². The van der Waals surface area contributed by atoms with Crippen molar-refractivity contribution in [1.29, 1.82) is 0 Å². The van der Waals surface area contributed by atoms with Gasteiger partial charge in [-0.15, -0.1) is 11.3 Å². The van der Waals surface area contributed by atoms with Gasteiger partial charge in [-0.05, 0) is 41.8 Å². The summed E-state index contributed by atoms with van der Waals surface area (Å²) in [6, 6.07) is 2.16. The van der Waals surface area contributed by atoms with Gasteiger partial charge in [0.15, 0.2) is 0 Å². The summed E-state index contributed by atoms with van der Waals surface area (Å²) in [7, 11) is 0. The molecule has 0 saturated heterocycles. The highest BCUT2D eigenvalue weighted by Gasteiger charge is 2.41. The van der Waals surface area contributed by atoms with Gasteiger partial charge in [0.05, 0.1) is 5.54 Å². The van der Waals surface area contributed by atoms with Crippen LogP contribution in [0.4, 0.5) is 0 Å². The number of nitrogens with two attached hydrogens (primary N) is 1. The fourth-order valence-corrected chi connectivity index (χ4v) is 2.78. The van der Waals surface area contributed by atoms with Gasteiger partial charge < -0.3 is 5.73 Å². The van der Waals surface area contributed by atoms with Crippen molar-refractivity contribution in [1.82, 2.24) is 0 Å². The number of rotatable bonds is 1. The van der Waals surface area contributed by atoms with Gasteiger partial charge in [0.1, 0.15) is 0 Å². The molecule has 60 valence electrons. The van der Waals surface area contributed by atoms with Crippen LogP contribution in [0.1, 0.15) is 22.6 Å². The molecule has 1 nitrogen and oxygen atoms in total. The fraction of sp³-hybridized carbons (Fsp3) is 0.500. The van der Waals surface area contributed by atoms with Crippen LogP contribution in [-0.2, 0) is 5.54 Å². The lowest BCUT2D eigenvalue weighted by atomic mass is 10.2. The minimum atomic E-state index is 0.0431. The Morgan fingerprint density at radius 2 is 2.27 bits per heavy atom. The zero-order valence-corrected chi connectivity index (χ0v) is 8.76. The Hall–Kier alpha value is 0.140. The monoisotopic (exact) mass is 231 g/mol. The molecule has 1 aliphatic rings. The minimum Gasteiger partial charge on any atom is -0.321 e. The van der Waals surface area contributed by atoms with Gasteiger partial charge in [-0.2, -0.15) is 0 Å². The van der Waals surface area contributed by atoms with Crippen molar-refractivity contribution in [2.45, 2.75) is 25.3 Å². The van der Waals surface area contributed by atoms with Crippen molar-refractivity contribution in [3.8, 4) is 0 Å². The summed E-state index contributed by atoms with van der Waals surface area (Å²) in [6.07, 6.45) is 2.30. The van der Waals surface area contributed by atoms with E-state index in [0.717, 1.165) is 12.8 Å². The first-order valence-electron chi connectivity index (χ1n) is 3.67. The highest BCUT2D eigenvalue weighted by Crippen LogP contribution is 2.47. The van der Waals surface area contributed by atoms with E-state index in [1.807, 2.05) is 11.3 Å². The van der Waals surface area contributed by atoms with Crippen molar-refractivity contribution in [2.24, 2.45) is 5.73 Å². The Morgan fingerprint density at radius 3 is 2.64 bits per heavy atom.